The minimum absolute atomic E-state index is 0.534. The number of allylic oxidation sites excluding steroid dienone is 1. The monoisotopic (exact) mass is 285 g/mol. The molecule has 0 aliphatic rings. The van der Waals surface area contributed by atoms with Gasteiger partial charge in [0, 0.05) is 6.54 Å². The van der Waals surface area contributed by atoms with Crippen LogP contribution in [0.15, 0.2) is 67.3 Å². The Morgan fingerprint density at radius 2 is 1.57 bits per heavy atom. The van der Waals surface area contributed by atoms with Crippen molar-refractivity contribution in [2.45, 2.75) is 33.7 Å². The van der Waals surface area contributed by atoms with E-state index in [1.165, 1.54) is 0 Å². The van der Waals surface area contributed by atoms with Crippen molar-refractivity contribution in [3.63, 3.8) is 0 Å². The third-order valence-electron chi connectivity index (χ3n) is 2.40. The third-order valence-corrected chi connectivity index (χ3v) is 2.40. The van der Waals surface area contributed by atoms with Crippen molar-refractivity contribution in [3.8, 4) is 11.5 Å². The predicted octanol–water partition coefficient (Wildman–Crippen LogP) is 5.55. The van der Waals surface area contributed by atoms with E-state index in [1.54, 1.807) is 0 Å². The van der Waals surface area contributed by atoms with Gasteiger partial charge in [-0.2, -0.15) is 0 Å². The molecule has 0 aliphatic carbocycles. The molecule has 2 rings (SSSR count). The molecular weight excluding hydrogens is 258 g/mol. The number of para-hydroxylation sites is 1. The van der Waals surface area contributed by atoms with Crippen molar-refractivity contribution in [1.29, 1.82) is 0 Å². The molecule has 2 nitrogen and oxygen atoms in total. The number of ether oxygens (including phenoxy) is 1. The van der Waals surface area contributed by atoms with Gasteiger partial charge in [0.15, 0.2) is 0 Å². The molecule has 0 spiro atoms. The second-order valence-electron chi connectivity index (χ2n) is 3.96. The Kier molecular flexibility index (Phi) is 11.7. The van der Waals surface area contributed by atoms with Gasteiger partial charge in [0.25, 0.3) is 0 Å². The van der Waals surface area contributed by atoms with Crippen molar-refractivity contribution >= 4 is 0 Å². The van der Waals surface area contributed by atoms with E-state index in [4.69, 9.17) is 10.5 Å². The van der Waals surface area contributed by atoms with E-state index >= 15 is 0 Å². The van der Waals surface area contributed by atoms with E-state index in [0.29, 0.717) is 6.54 Å². The smallest absolute Gasteiger partial charge is 0.127 e. The van der Waals surface area contributed by atoms with Gasteiger partial charge in [-0.05, 0) is 36.2 Å². The lowest BCUT2D eigenvalue weighted by Crippen LogP contribution is -1.95. The van der Waals surface area contributed by atoms with Crippen LogP contribution < -0.4 is 10.5 Å². The fourth-order valence-corrected chi connectivity index (χ4v) is 1.36. The summed E-state index contributed by atoms with van der Waals surface area (Å²) in [5, 5.41) is 0. The zero-order chi connectivity index (χ0) is 15.9. The zero-order valence-electron chi connectivity index (χ0n) is 13.4. The molecule has 0 aromatic heterocycles. The van der Waals surface area contributed by atoms with Crippen LogP contribution in [0.5, 0.6) is 11.5 Å². The standard InChI is InChI=1S/C13H13NO.C4H8.C2H6/c14-10-11-5-4-8-13(9-11)15-12-6-2-1-3-7-12;1-3-4-2;1-2/h1-9H,10,14H2;3H,1,4H2,2H3;1-2H3. The summed E-state index contributed by atoms with van der Waals surface area (Å²) in [7, 11) is 0. The average molecular weight is 285 g/mol. The van der Waals surface area contributed by atoms with Crippen LogP contribution in [0.25, 0.3) is 0 Å². The first-order chi connectivity index (χ1) is 10.3. The van der Waals surface area contributed by atoms with Crippen molar-refractivity contribution < 1.29 is 4.74 Å². The Labute approximate surface area is 129 Å². The van der Waals surface area contributed by atoms with Gasteiger partial charge < -0.3 is 10.5 Å². The average Bonchev–Trinajstić information content (AvgIpc) is 2.58. The van der Waals surface area contributed by atoms with Gasteiger partial charge in [-0.1, -0.05) is 57.2 Å². The number of hydrogen-bond donors (Lipinski definition) is 1. The van der Waals surface area contributed by atoms with E-state index in [9.17, 15) is 0 Å². The minimum atomic E-state index is 0.534. The number of nitrogens with two attached hydrogens (primary N) is 1. The lowest BCUT2D eigenvalue weighted by atomic mass is 10.2. The van der Waals surface area contributed by atoms with Crippen LogP contribution in [0, 0.1) is 0 Å². The predicted molar refractivity (Wildman–Crippen MR) is 92.7 cm³/mol. The zero-order valence-corrected chi connectivity index (χ0v) is 13.4. The molecule has 2 N–H and O–H groups in total. The van der Waals surface area contributed by atoms with Crippen molar-refractivity contribution in [3.05, 3.63) is 72.8 Å². The van der Waals surface area contributed by atoms with Crippen LogP contribution in [0.4, 0.5) is 0 Å². The maximum absolute atomic E-state index is 5.67. The molecule has 0 atom stereocenters. The van der Waals surface area contributed by atoms with Crippen LogP contribution in [0.1, 0.15) is 32.8 Å². The third kappa shape index (κ3) is 8.66. The molecule has 2 aromatic carbocycles. The molecule has 2 aromatic rings. The molecule has 2 heteroatoms. The molecule has 0 bridgehead atoms. The SMILES string of the molecule is C=CCC.CC.NCc1cccc(Oc2ccccc2)c1. The van der Waals surface area contributed by atoms with Crippen LogP contribution >= 0.6 is 0 Å². The van der Waals surface area contributed by atoms with Crippen LogP contribution in [0.2, 0.25) is 0 Å². The van der Waals surface area contributed by atoms with Crippen molar-refractivity contribution in [2.75, 3.05) is 0 Å². The Hall–Kier alpha value is -2.06. The molecule has 0 saturated carbocycles. The fourth-order valence-electron chi connectivity index (χ4n) is 1.36. The Morgan fingerprint density at radius 1 is 1.00 bits per heavy atom. The van der Waals surface area contributed by atoms with Gasteiger partial charge >= 0.3 is 0 Å². The first-order valence-electron chi connectivity index (χ1n) is 7.43. The number of benzene rings is 2. The second kappa shape index (κ2) is 12.9. The Morgan fingerprint density at radius 3 is 2.10 bits per heavy atom. The van der Waals surface area contributed by atoms with E-state index in [0.717, 1.165) is 23.5 Å². The molecule has 0 saturated heterocycles. The van der Waals surface area contributed by atoms with E-state index in [-0.39, 0.29) is 0 Å². The molecule has 0 heterocycles. The lowest BCUT2D eigenvalue weighted by Gasteiger charge is -2.06. The molecule has 114 valence electrons. The summed E-state index contributed by atoms with van der Waals surface area (Å²) in [4.78, 5) is 0. The summed E-state index contributed by atoms with van der Waals surface area (Å²) in [6.45, 7) is 10.1. The normalized spacial score (nSPS) is 8.57. The first kappa shape index (κ1) is 18.9. The van der Waals surface area contributed by atoms with Crippen LogP contribution in [0.3, 0.4) is 0 Å². The molecular formula is C19H27NO. The van der Waals surface area contributed by atoms with Crippen LogP contribution in [-0.4, -0.2) is 0 Å². The molecule has 0 aliphatic heterocycles. The molecule has 21 heavy (non-hydrogen) atoms. The largest absolute Gasteiger partial charge is 0.457 e. The molecule has 0 amide bonds. The minimum Gasteiger partial charge on any atom is -0.457 e. The van der Waals surface area contributed by atoms with Gasteiger partial charge in [-0.3, -0.25) is 0 Å². The second-order valence-corrected chi connectivity index (χ2v) is 3.96. The highest BCUT2D eigenvalue weighted by Crippen LogP contribution is 2.21. The van der Waals surface area contributed by atoms with Crippen LogP contribution in [-0.2, 0) is 6.54 Å². The number of rotatable bonds is 4. The lowest BCUT2D eigenvalue weighted by molar-refractivity contribution is 0.482. The van der Waals surface area contributed by atoms with Gasteiger partial charge in [-0.25, -0.2) is 0 Å². The summed E-state index contributed by atoms with van der Waals surface area (Å²) >= 11 is 0. The molecule has 0 radical (unpaired) electrons. The van der Waals surface area contributed by atoms with Crippen molar-refractivity contribution in [2.24, 2.45) is 5.73 Å². The van der Waals surface area contributed by atoms with Gasteiger partial charge in [0.05, 0.1) is 0 Å². The highest BCUT2D eigenvalue weighted by molar-refractivity contribution is 5.33. The van der Waals surface area contributed by atoms with E-state index < -0.39 is 0 Å². The summed E-state index contributed by atoms with van der Waals surface area (Å²) < 4.78 is 5.67. The fraction of sp³-hybridized carbons (Fsp3) is 0.263. The van der Waals surface area contributed by atoms with Gasteiger partial charge in [-0.15, -0.1) is 6.58 Å². The van der Waals surface area contributed by atoms with Gasteiger partial charge in [0.1, 0.15) is 11.5 Å². The Balaban J connectivity index is 0.000000579. The van der Waals surface area contributed by atoms with E-state index in [2.05, 4.69) is 13.5 Å². The maximum Gasteiger partial charge on any atom is 0.127 e. The topological polar surface area (TPSA) is 35.2 Å². The summed E-state index contributed by atoms with van der Waals surface area (Å²) in [6.07, 6.45) is 2.96. The summed E-state index contributed by atoms with van der Waals surface area (Å²) in [6, 6.07) is 17.5. The summed E-state index contributed by atoms with van der Waals surface area (Å²) in [5.41, 5.74) is 6.63. The maximum atomic E-state index is 5.67. The van der Waals surface area contributed by atoms with E-state index in [1.807, 2.05) is 74.5 Å². The first-order valence-corrected chi connectivity index (χ1v) is 7.43. The van der Waals surface area contributed by atoms with Gasteiger partial charge in [0.2, 0.25) is 0 Å². The highest BCUT2D eigenvalue weighted by atomic mass is 16.5. The summed E-state index contributed by atoms with van der Waals surface area (Å²) in [5.74, 6) is 1.66. The highest BCUT2D eigenvalue weighted by Gasteiger charge is 1.96. The molecule has 0 fully saturated rings. The quantitative estimate of drug-likeness (QED) is 0.748. The Bertz CT molecular complexity index is 480. The molecule has 0 unspecified atom stereocenters. The van der Waals surface area contributed by atoms with Crippen molar-refractivity contribution in [1.82, 2.24) is 0 Å². The number of hydrogen-bond acceptors (Lipinski definition) is 2.